The first kappa shape index (κ1) is 9.97. The minimum atomic E-state index is 1.11. The van der Waals surface area contributed by atoms with Crippen molar-refractivity contribution in [1.82, 2.24) is 0 Å². The van der Waals surface area contributed by atoms with Crippen LogP contribution in [-0.4, -0.2) is 0 Å². The molecule has 0 saturated carbocycles. The van der Waals surface area contributed by atoms with Crippen molar-refractivity contribution in [1.29, 1.82) is 0 Å². The Balaban J connectivity index is 2.43. The lowest BCUT2D eigenvalue weighted by Gasteiger charge is -2.06. The molecule has 2 aromatic carbocycles. The van der Waals surface area contributed by atoms with Crippen molar-refractivity contribution >= 4 is 0 Å². The van der Waals surface area contributed by atoms with Crippen LogP contribution in [-0.2, 0) is 6.42 Å². The zero-order valence-electron chi connectivity index (χ0n) is 9.33. The van der Waals surface area contributed by atoms with Gasteiger partial charge in [0.25, 0.3) is 0 Å². The second kappa shape index (κ2) is 4.31. The molecular formula is C15H16. The third-order valence-corrected chi connectivity index (χ3v) is 2.83. The molecule has 0 saturated heterocycles. The molecule has 0 aliphatic rings. The van der Waals surface area contributed by atoms with Gasteiger partial charge in [0, 0.05) is 0 Å². The van der Waals surface area contributed by atoms with Crippen molar-refractivity contribution < 1.29 is 0 Å². The van der Waals surface area contributed by atoms with Gasteiger partial charge in [0.15, 0.2) is 0 Å². The number of aryl methyl sites for hydroxylation is 2. The SMILES string of the molecule is CCc1ccc(-c2ccccc2)cc1C. The Hall–Kier alpha value is -1.56. The van der Waals surface area contributed by atoms with Crippen molar-refractivity contribution in [2.45, 2.75) is 20.3 Å². The molecule has 0 atom stereocenters. The van der Waals surface area contributed by atoms with Gasteiger partial charge in [-0.2, -0.15) is 0 Å². The molecule has 0 aromatic heterocycles. The van der Waals surface area contributed by atoms with E-state index in [0.29, 0.717) is 0 Å². The molecule has 0 bridgehead atoms. The van der Waals surface area contributed by atoms with E-state index in [1.807, 2.05) is 0 Å². The second-order valence-electron chi connectivity index (χ2n) is 3.86. The molecule has 0 nitrogen and oxygen atoms in total. The maximum Gasteiger partial charge on any atom is -0.0181 e. The van der Waals surface area contributed by atoms with Crippen molar-refractivity contribution in [3.63, 3.8) is 0 Å². The lowest BCUT2D eigenvalue weighted by molar-refractivity contribution is 1.11. The third kappa shape index (κ3) is 2.10. The van der Waals surface area contributed by atoms with E-state index in [2.05, 4.69) is 62.4 Å². The molecule has 0 radical (unpaired) electrons. The lowest BCUT2D eigenvalue weighted by atomic mass is 9.99. The van der Waals surface area contributed by atoms with Gasteiger partial charge >= 0.3 is 0 Å². The Morgan fingerprint density at radius 2 is 1.60 bits per heavy atom. The van der Waals surface area contributed by atoms with Crippen LogP contribution in [0.2, 0.25) is 0 Å². The van der Waals surface area contributed by atoms with Crippen LogP contribution in [0.4, 0.5) is 0 Å². The number of hydrogen-bond acceptors (Lipinski definition) is 0. The van der Waals surface area contributed by atoms with Gasteiger partial charge in [-0.3, -0.25) is 0 Å². The van der Waals surface area contributed by atoms with Gasteiger partial charge in [-0.15, -0.1) is 0 Å². The lowest BCUT2D eigenvalue weighted by Crippen LogP contribution is -1.87. The fraction of sp³-hybridized carbons (Fsp3) is 0.200. The van der Waals surface area contributed by atoms with Crippen molar-refractivity contribution in [3.05, 3.63) is 59.7 Å². The predicted octanol–water partition coefficient (Wildman–Crippen LogP) is 4.22. The molecule has 0 fully saturated rings. The van der Waals surface area contributed by atoms with E-state index in [1.165, 1.54) is 22.3 Å². The molecule has 2 rings (SSSR count). The summed E-state index contributed by atoms with van der Waals surface area (Å²) in [4.78, 5) is 0. The van der Waals surface area contributed by atoms with Crippen molar-refractivity contribution in [3.8, 4) is 11.1 Å². The molecule has 0 heteroatoms. The zero-order chi connectivity index (χ0) is 10.7. The van der Waals surface area contributed by atoms with Crippen molar-refractivity contribution in [2.24, 2.45) is 0 Å². The first-order valence-electron chi connectivity index (χ1n) is 5.46. The van der Waals surface area contributed by atoms with Gasteiger partial charge in [-0.05, 0) is 35.6 Å². The monoisotopic (exact) mass is 196 g/mol. The van der Waals surface area contributed by atoms with Gasteiger partial charge in [0.2, 0.25) is 0 Å². The molecule has 0 amide bonds. The van der Waals surface area contributed by atoms with Crippen LogP contribution in [0.5, 0.6) is 0 Å². The van der Waals surface area contributed by atoms with Crippen LogP contribution >= 0.6 is 0 Å². The Morgan fingerprint density at radius 1 is 0.867 bits per heavy atom. The fourth-order valence-corrected chi connectivity index (χ4v) is 1.90. The van der Waals surface area contributed by atoms with Gasteiger partial charge in [-0.25, -0.2) is 0 Å². The molecular weight excluding hydrogens is 180 g/mol. The summed E-state index contributed by atoms with van der Waals surface area (Å²) < 4.78 is 0. The molecule has 76 valence electrons. The number of benzene rings is 2. The summed E-state index contributed by atoms with van der Waals surface area (Å²) in [6, 6.07) is 17.2. The Bertz CT molecular complexity index is 441. The van der Waals surface area contributed by atoms with Gasteiger partial charge in [0.05, 0.1) is 0 Å². The van der Waals surface area contributed by atoms with E-state index in [1.54, 1.807) is 0 Å². The highest BCUT2D eigenvalue weighted by atomic mass is 14.0. The normalized spacial score (nSPS) is 10.3. The number of rotatable bonds is 2. The van der Waals surface area contributed by atoms with E-state index < -0.39 is 0 Å². The topological polar surface area (TPSA) is 0 Å². The largest absolute Gasteiger partial charge is 0.0622 e. The molecule has 0 spiro atoms. The first-order valence-corrected chi connectivity index (χ1v) is 5.46. The standard InChI is InChI=1S/C15H16/c1-3-13-9-10-15(11-12(13)2)14-7-5-4-6-8-14/h4-11H,3H2,1-2H3. The average Bonchev–Trinajstić information content (AvgIpc) is 2.30. The van der Waals surface area contributed by atoms with Gasteiger partial charge in [0.1, 0.15) is 0 Å². The molecule has 2 aromatic rings. The summed E-state index contributed by atoms with van der Waals surface area (Å²) in [6.07, 6.45) is 1.11. The molecule has 0 unspecified atom stereocenters. The molecule has 0 N–H and O–H groups in total. The summed E-state index contributed by atoms with van der Waals surface area (Å²) in [5.41, 5.74) is 5.43. The van der Waals surface area contributed by atoms with E-state index in [9.17, 15) is 0 Å². The molecule has 0 aliphatic carbocycles. The number of hydrogen-bond donors (Lipinski definition) is 0. The van der Waals surface area contributed by atoms with Crippen LogP contribution < -0.4 is 0 Å². The highest BCUT2D eigenvalue weighted by molar-refractivity contribution is 5.64. The summed E-state index contributed by atoms with van der Waals surface area (Å²) in [5, 5.41) is 0. The van der Waals surface area contributed by atoms with Crippen LogP contribution in [0.15, 0.2) is 48.5 Å². The minimum absolute atomic E-state index is 1.11. The van der Waals surface area contributed by atoms with E-state index in [-0.39, 0.29) is 0 Å². The average molecular weight is 196 g/mol. The molecule has 15 heavy (non-hydrogen) atoms. The minimum Gasteiger partial charge on any atom is -0.0622 e. The maximum absolute atomic E-state index is 2.27. The maximum atomic E-state index is 2.27. The summed E-state index contributed by atoms with van der Waals surface area (Å²) in [6.45, 7) is 4.38. The van der Waals surface area contributed by atoms with E-state index in [4.69, 9.17) is 0 Å². The fourth-order valence-electron chi connectivity index (χ4n) is 1.90. The predicted molar refractivity (Wildman–Crippen MR) is 66.0 cm³/mol. The van der Waals surface area contributed by atoms with Crippen LogP contribution in [0.3, 0.4) is 0 Å². The quantitative estimate of drug-likeness (QED) is 0.674. The van der Waals surface area contributed by atoms with Gasteiger partial charge in [-0.1, -0.05) is 55.5 Å². The second-order valence-corrected chi connectivity index (χ2v) is 3.86. The Morgan fingerprint density at radius 3 is 2.20 bits per heavy atom. The van der Waals surface area contributed by atoms with E-state index in [0.717, 1.165) is 6.42 Å². The zero-order valence-corrected chi connectivity index (χ0v) is 9.33. The first-order chi connectivity index (χ1) is 7.31. The van der Waals surface area contributed by atoms with Gasteiger partial charge < -0.3 is 0 Å². The third-order valence-electron chi connectivity index (χ3n) is 2.83. The van der Waals surface area contributed by atoms with Crippen LogP contribution in [0.25, 0.3) is 11.1 Å². The smallest absolute Gasteiger partial charge is 0.0181 e. The van der Waals surface area contributed by atoms with Crippen LogP contribution in [0.1, 0.15) is 18.1 Å². The summed E-state index contributed by atoms with van der Waals surface area (Å²) >= 11 is 0. The summed E-state index contributed by atoms with van der Waals surface area (Å²) in [5.74, 6) is 0. The molecule has 0 heterocycles. The molecule has 0 aliphatic heterocycles. The highest BCUT2D eigenvalue weighted by Crippen LogP contribution is 2.22. The Kier molecular flexibility index (Phi) is 2.86. The van der Waals surface area contributed by atoms with E-state index >= 15 is 0 Å². The summed E-state index contributed by atoms with van der Waals surface area (Å²) in [7, 11) is 0. The Labute approximate surface area is 91.6 Å². The highest BCUT2D eigenvalue weighted by Gasteiger charge is 1.99. The van der Waals surface area contributed by atoms with Crippen molar-refractivity contribution in [2.75, 3.05) is 0 Å². The van der Waals surface area contributed by atoms with Crippen LogP contribution in [0, 0.1) is 6.92 Å².